The maximum atomic E-state index is 5.36. The lowest BCUT2D eigenvalue weighted by Gasteiger charge is -2.17. The maximum absolute atomic E-state index is 5.36. The van der Waals surface area contributed by atoms with Gasteiger partial charge in [0.05, 0.1) is 20.8 Å². The molecule has 2 N–H and O–H groups in total. The summed E-state index contributed by atoms with van der Waals surface area (Å²) in [6.07, 6.45) is 0.985. The van der Waals surface area contributed by atoms with Crippen molar-refractivity contribution in [2.24, 2.45) is 4.99 Å². The van der Waals surface area contributed by atoms with Crippen molar-refractivity contribution < 1.29 is 9.47 Å². The number of hydrogen-bond acceptors (Lipinski definition) is 4. The Morgan fingerprint density at radius 3 is 2.48 bits per heavy atom. The van der Waals surface area contributed by atoms with E-state index in [9.17, 15) is 0 Å². The first-order valence-corrected chi connectivity index (χ1v) is 9.68. The van der Waals surface area contributed by atoms with Crippen molar-refractivity contribution >= 4 is 41.3 Å². The van der Waals surface area contributed by atoms with Crippen LogP contribution in [0.25, 0.3) is 0 Å². The van der Waals surface area contributed by atoms with E-state index in [0.717, 1.165) is 36.0 Å². The van der Waals surface area contributed by atoms with Crippen LogP contribution in [0.15, 0.2) is 35.3 Å². The van der Waals surface area contributed by atoms with E-state index in [1.807, 2.05) is 29.5 Å². The zero-order valence-corrected chi connectivity index (χ0v) is 19.8. The van der Waals surface area contributed by atoms with Gasteiger partial charge in [0.1, 0.15) is 0 Å². The lowest BCUT2D eigenvalue weighted by molar-refractivity contribution is 0.354. The number of hydrogen-bond donors (Lipinski definition) is 2. The van der Waals surface area contributed by atoms with Crippen molar-refractivity contribution in [1.82, 2.24) is 10.6 Å². The fourth-order valence-corrected chi connectivity index (χ4v) is 3.67. The molecule has 0 amide bonds. The summed E-state index contributed by atoms with van der Waals surface area (Å²) >= 11 is 1.85. The first kappa shape index (κ1) is 23.6. The number of benzene rings is 1. The largest absolute Gasteiger partial charge is 0.493 e. The third-order valence-electron chi connectivity index (χ3n) is 3.90. The molecule has 1 aromatic heterocycles. The normalized spacial score (nSPS) is 12.1. The van der Waals surface area contributed by atoms with Crippen molar-refractivity contribution in [1.29, 1.82) is 0 Å². The van der Waals surface area contributed by atoms with Crippen LogP contribution in [0.3, 0.4) is 0 Å². The van der Waals surface area contributed by atoms with Crippen LogP contribution < -0.4 is 20.1 Å². The number of ether oxygens (including phenoxy) is 2. The Balaban J connectivity index is 0.00000364. The standard InChI is InChI=1S/C20H29N3O2S.HI/c1-6-21-20(23-14(2)11-17-9-7-15(3)26-17)22-13-16-8-10-18(24-4)19(12-16)25-5;/h7-10,12,14H,6,11,13H2,1-5H3,(H2,21,22,23);1H. The molecule has 1 unspecified atom stereocenters. The van der Waals surface area contributed by atoms with Gasteiger partial charge in [-0.2, -0.15) is 0 Å². The molecule has 0 bridgehead atoms. The van der Waals surface area contributed by atoms with Crippen molar-refractivity contribution in [3.05, 3.63) is 45.6 Å². The van der Waals surface area contributed by atoms with Crippen LogP contribution in [-0.4, -0.2) is 32.8 Å². The third kappa shape index (κ3) is 7.57. The topological polar surface area (TPSA) is 54.9 Å². The van der Waals surface area contributed by atoms with Crippen LogP contribution in [0.5, 0.6) is 11.5 Å². The number of nitrogens with one attached hydrogen (secondary N) is 2. The number of aliphatic imine (C=N–C) groups is 1. The molecule has 0 spiro atoms. The molecule has 2 rings (SSSR count). The Kier molecular flexibility index (Phi) is 10.5. The van der Waals surface area contributed by atoms with Crippen LogP contribution in [0.1, 0.15) is 29.2 Å². The van der Waals surface area contributed by atoms with Crippen LogP contribution in [0.2, 0.25) is 0 Å². The average Bonchev–Trinajstić information content (AvgIpc) is 3.04. The molecule has 0 fully saturated rings. The monoisotopic (exact) mass is 503 g/mol. The minimum atomic E-state index is 0. The highest BCUT2D eigenvalue weighted by Crippen LogP contribution is 2.27. The van der Waals surface area contributed by atoms with Gasteiger partial charge in [-0.25, -0.2) is 4.99 Å². The summed E-state index contributed by atoms with van der Waals surface area (Å²) in [5.41, 5.74) is 1.07. The summed E-state index contributed by atoms with van der Waals surface area (Å²) in [5.74, 6) is 2.27. The van der Waals surface area contributed by atoms with Gasteiger partial charge >= 0.3 is 0 Å². The molecule has 27 heavy (non-hydrogen) atoms. The predicted octanol–water partition coefficient (Wildman–Crippen LogP) is 4.38. The van der Waals surface area contributed by atoms with Gasteiger partial charge in [-0.05, 0) is 50.6 Å². The highest BCUT2D eigenvalue weighted by molar-refractivity contribution is 14.0. The van der Waals surface area contributed by atoms with Gasteiger partial charge < -0.3 is 20.1 Å². The number of nitrogens with zero attached hydrogens (tertiary/aromatic N) is 1. The van der Waals surface area contributed by atoms with Gasteiger partial charge in [0.15, 0.2) is 17.5 Å². The number of methoxy groups -OCH3 is 2. The molecule has 2 aromatic rings. The molecule has 7 heteroatoms. The second kappa shape index (κ2) is 12.1. The SMILES string of the molecule is CCNC(=NCc1ccc(OC)c(OC)c1)NC(C)Cc1ccc(C)s1.I. The average molecular weight is 503 g/mol. The van der Waals surface area contributed by atoms with Gasteiger partial charge in [-0.3, -0.25) is 0 Å². The van der Waals surface area contributed by atoms with Gasteiger partial charge in [0.2, 0.25) is 0 Å². The second-order valence-corrected chi connectivity index (χ2v) is 7.52. The summed E-state index contributed by atoms with van der Waals surface area (Å²) in [5, 5.41) is 6.80. The van der Waals surface area contributed by atoms with Crippen molar-refractivity contribution in [2.45, 2.75) is 39.8 Å². The van der Waals surface area contributed by atoms with Crippen molar-refractivity contribution in [2.75, 3.05) is 20.8 Å². The summed E-state index contributed by atoms with van der Waals surface area (Å²) < 4.78 is 10.6. The first-order valence-electron chi connectivity index (χ1n) is 8.86. The number of thiophene rings is 1. The molecular weight excluding hydrogens is 473 g/mol. The summed E-state index contributed by atoms with van der Waals surface area (Å²) in [4.78, 5) is 7.44. The van der Waals surface area contributed by atoms with Crippen LogP contribution >= 0.6 is 35.3 Å². The molecule has 1 heterocycles. The Hall–Kier alpha value is -1.48. The van der Waals surface area contributed by atoms with Crippen LogP contribution in [0.4, 0.5) is 0 Å². The highest BCUT2D eigenvalue weighted by atomic mass is 127. The fourth-order valence-electron chi connectivity index (χ4n) is 2.65. The molecule has 0 aliphatic heterocycles. The van der Waals surface area contributed by atoms with E-state index in [0.29, 0.717) is 12.6 Å². The molecule has 5 nitrogen and oxygen atoms in total. The summed E-state index contributed by atoms with van der Waals surface area (Å²) in [6.45, 7) is 7.78. The molecule has 0 saturated carbocycles. The Labute approximate surface area is 183 Å². The summed E-state index contributed by atoms with van der Waals surface area (Å²) in [6, 6.07) is 10.5. The summed E-state index contributed by atoms with van der Waals surface area (Å²) in [7, 11) is 3.28. The lowest BCUT2D eigenvalue weighted by atomic mass is 10.2. The molecular formula is C20H30IN3O2S. The van der Waals surface area contributed by atoms with Gasteiger partial charge in [-0.1, -0.05) is 6.07 Å². The third-order valence-corrected chi connectivity index (χ3v) is 4.92. The fraction of sp³-hybridized carbons (Fsp3) is 0.450. The van der Waals surface area contributed by atoms with Crippen LogP contribution in [0, 0.1) is 6.92 Å². The van der Waals surface area contributed by atoms with Crippen molar-refractivity contribution in [3.63, 3.8) is 0 Å². The second-order valence-electron chi connectivity index (χ2n) is 6.15. The zero-order valence-electron chi connectivity index (χ0n) is 16.7. The Bertz CT molecular complexity index is 734. The van der Waals surface area contributed by atoms with E-state index >= 15 is 0 Å². The van der Waals surface area contributed by atoms with E-state index in [1.165, 1.54) is 9.75 Å². The smallest absolute Gasteiger partial charge is 0.191 e. The molecule has 1 aromatic carbocycles. The van der Waals surface area contributed by atoms with Crippen molar-refractivity contribution in [3.8, 4) is 11.5 Å². The van der Waals surface area contributed by atoms with Crippen LogP contribution in [-0.2, 0) is 13.0 Å². The van der Waals surface area contributed by atoms with Gasteiger partial charge in [0.25, 0.3) is 0 Å². The molecule has 0 aliphatic carbocycles. The number of halogens is 1. The molecule has 0 radical (unpaired) electrons. The minimum Gasteiger partial charge on any atom is -0.493 e. The van der Waals surface area contributed by atoms with E-state index in [4.69, 9.17) is 14.5 Å². The minimum absolute atomic E-state index is 0. The number of rotatable bonds is 8. The van der Waals surface area contributed by atoms with E-state index < -0.39 is 0 Å². The zero-order chi connectivity index (χ0) is 18.9. The maximum Gasteiger partial charge on any atom is 0.191 e. The number of aryl methyl sites for hydroxylation is 1. The van der Waals surface area contributed by atoms with Gasteiger partial charge in [0, 0.05) is 28.8 Å². The highest BCUT2D eigenvalue weighted by Gasteiger charge is 2.09. The van der Waals surface area contributed by atoms with E-state index in [2.05, 4.69) is 43.5 Å². The molecule has 1 atom stereocenters. The quantitative estimate of drug-likeness (QED) is 0.319. The predicted molar refractivity (Wildman–Crippen MR) is 125 cm³/mol. The molecule has 0 saturated heterocycles. The first-order chi connectivity index (χ1) is 12.5. The molecule has 0 aliphatic rings. The van der Waals surface area contributed by atoms with E-state index in [1.54, 1.807) is 14.2 Å². The molecule has 150 valence electrons. The van der Waals surface area contributed by atoms with E-state index in [-0.39, 0.29) is 24.0 Å². The number of guanidine groups is 1. The Morgan fingerprint density at radius 1 is 1.15 bits per heavy atom. The van der Waals surface area contributed by atoms with Gasteiger partial charge in [-0.15, -0.1) is 35.3 Å². The Morgan fingerprint density at radius 2 is 1.89 bits per heavy atom. The lowest BCUT2D eigenvalue weighted by Crippen LogP contribution is -2.43.